The molecular weight excluding hydrogens is 342 g/mol. The monoisotopic (exact) mass is 369 g/mol. The van der Waals surface area contributed by atoms with Gasteiger partial charge in [-0.2, -0.15) is 5.10 Å². The topological polar surface area (TPSA) is 59.8 Å². The third kappa shape index (κ3) is 2.82. The summed E-state index contributed by atoms with van der Waals surface area (Å²) in [5.41, 5.74) is 2.01. The molecule has 2 atom stereocenters. The molecule has 2 saturated heterocycles. The first-order valence-corrected chi connectivity index (χ1v) is 9.98. The Bertz CT molecular complexity index is 826. The van der Waals surface area contributed by atoms with Crippen molar-refractivity contribution in [1.29, 1.82) is 0 Å². The van der Waals surface area contributed by atoms with Gasteiger partial charge in [-0.1, -0.05) is 12.1 Å². The molecule has 1 spiro atoms. The van der Waals surface area contributed by atoms with Gasteiger partial charge in [0.15, 0.2) is 11.5 Å². The second-order valence-electron chi connectivity index (χ2n) is 8.12. The number of hydrogen-bond donors (Lipinski definition) is 1. The van der Waals surface area contributed by atoms with E-state index in [1.165, 1.54) is 5.69 Å². The molecular formula is C21H27N3O3. The van der Waals surface area contributed by atoms with E-state index in [0.717, 1.165) is 57.5 Å². The molecule has 1 aromatic carbocycles. The Morgan fingerprint density at radius 2 is 2.11 bits per heavy atom. The minimum Gasteiger partial charge on any atom is -0.504 e. The van der Waals surface area contributed by atoms with E-state index >= 15 is 0 Å². The van der Waals surface area contributed by atoms with Crippen molar-refractivity contribution in [1.82, 2.24) is 14.7 Å². The van der Waals surface area contributed by atoms with Crippen LogP contribution in [0.4, 0.5) is 0 Å². The molecule has 0 radical (unpaired) electrons. The van der Waals surface area contributed by atoms with Gasteiger partial charge in [-0.05, 0) is 25.0 Å². The van der Waals surface area contributed by atoms with Crippen LogP contribution in [0.3, 0.4) is 0 Å². The minimum absolute atomic E-state index is 0.0400. The smallest absolute Gasteiger partial charge is 0.167 e. The van der Waals surface area contributed by atoms with E-state index in [1.54, 1.807) is 6.07 Å². The van der Waals surface area contributed by atoms with Crippen LogP contribution in [0.25, 0.3) is 0 Å². The summed E-state index contributed by atoms with van der Waals surface area (Å²) in [5, 5.41) is 14.7. The number of aryl methyl sites for hydroxylation is 1. The number of benzene rings is 1. The number of aromatic nitrogens is 2. The molecule has 5 rings (SSSR count). The maximum absolute atomic E-state index is 10.4. The van der Waals surface area contributed by atoms with E-state index in [2.05, 4.69) is 16.1 Å². The average molecular weight is 369 g/mol. The number of hydrogen-bond acceptors (Lipinski definition) is 5. The van der Waals surface area contributed by atoms with Crippen molar-refractivity contribution < 1.29 is 14.6 Å². The molecule has 4 heterocycles. The lowest BCUT2D eigenvalue weighted by atomic mass is 9.70. The highest BCUT2D eigenvalue weighted by molar-refractivity contribution is 5.49. The summed E-state index contributed by atoms with van der Waals surface area (Å²) >= 11 is 0. The second-order valence-corrected chi connectivity index (χ2v) is 8.12. The number of phenols is 1. The molecule has 3 aliphatic heterocycles. The molecule has 1 aromatic heterocycles. The van der Waals surface area contributed by atoms with Gasteiger partial charge in [-0.3, -0.25) is 9.58 Å². The van der Waals surface area contributed by atoms with Crippen molar-refractivity contribution in [3.05, 3.63) is 41.7 Å². The van der Waals surface area contributed by atoms with Crippen LogP contribution in [0, 0.1) is 5.92 Å². The zero-order valence-electron chi connectivity index (χ0n) is 15.8. The standard InChI is InChI=1S/C21H27N3O3/c1-23-15(7-10-22-23)14-24-11-8-21(9-12-24)17-5-3-13-26-19(17)16-4-2-6-18(25)20(16)27-21/h2,4,6-7,10,17,19,25H,3,5,8-9,11-14H2,1H3/t17-,19+/m0/s1. The van der Waals surface area contributed by atoms with Crippen LogP contribution in [-0.2, 0) is 18.3 Å². The quantitative estimate of drug-likeness (QED) is 0.882. The highest BCUT2D eigenvalue weighted by Gasteiger charge is 2.52. The van der Waals surface area contributed by atoms with Crippen molar-refractivity contribution in [3.63, 3.8) is 0 Å². The number of likely N-dealkylation sites (tertiary alicyclic amines) is 1. The molecule has 2 fully saturated rings. The second kappa shape index (κ2) is 6.53. The summed E-state index contributed by atoms with van der Waals surface area (Å²) in [6, 6.07) is 7.73. The Labute approximate surface area is 159 Å². The lowest BCUT2D eigenvalue weighted by Gasteiger charge is -2.53. The Morgan fingerprint density at radius 1 is 1.26 bits per heavy atom. The van der Waals surface area contributed by atoms with Crippen molar-refractivity contribution in [2.45, 2.75) is 43.9 Å². The lowest BCUT2D eigenvalue weighted by Crippen LogP contribution is -2.57. The molecule has 6 heteroatoms. The normalized spacial score (nSPS) is 27.0. The van der Waals surface area contributed by atoms with Gasteiger partial charge in [-0.25, -0.2) is 0 Å². The summed E-state index contributed by atoms with van der Waals surface area (Å²) in [6.07, 6.45) is 6.03. The van der Waals surface area contributed by atoms with Gasteiger partial charge in [-0.15, -0.1) is 0 Å². The minimum atomic E-state index is -0.236. The number of ether oxygens (including phenoxy) is 2. The molecule has 1 N–H and O–H groups in total. The van der Waals surface area contributed by atoms with Gasteiger partial charge in [0.1, 0.15) is 5.60 Å². The van der Waals surface area contributed by atoms with Crippen LogP contribution >= 0.6 is 0 Å². The van der Waals surface area contributed by atoms with Gasteiger partial charge in [0.05, 0.1) is 11.8 Å². The third-order valence-corrected chi connectivity index (χ3v) is 6.65. The van der Waals surface area contributed by atoms with Crippen molar-refractivity contribution >= 4 is 0 Å². The van der Waals surface area contributed by atoms with Crippen LogP contribution in [0.15, 0.2) is 30.5 Å². The number of aromatic hydroxyl groups is 1. The van der Waals surface area contributed by atoms with Crippen LogP contribution in [0.2, 0.25) is 0 Å². The zero-order valence-corrected chi connectivity index (χ0v) is 15.8. The van der Waals surface area contributed by atoms with Crippen LogP contribution in [0.1, 0.15) is 43.0 Å². The zero-order chi connectivity index (χ0) is 18.4. The summed E-state index contributed by atoms with van der Waals surface area (Å²) in [5.74, 6) is 1.23. The Kier molecular flexibility index (Phi) is 4.13. The third-order valence-electron chi connectivity index (χ3n) is 6.65. The Hall–Kier alpha value is -2.05. The first-order valence-electron chi connectivity index (χ1n) is 9.98. The molecule has 3 aliphatic rings. The van der Waals surface area contributed by atoms with E-state index in [-0.39, 0.29) is 17.5 Å². The fourth-order valence-electron chi connectivity index (χ4n) is 5.13. The molecule has 2 aromatic rings. The number of fused-ring (bicyclic) bond motifs is 4. The molecule has 144 valence electrons. The van der Waals surface area contributed by atoms with E-state index in [0.29, 0.717) is 11.7 Å². The Morgan fingerprint density at radius 3 is 2.89 bits per heavy atom. The van der Waals surface area contributed by atoms with E-state index in [4.69, 9.17) is 9.47 Å². The average Bonchev–Trinajstić information content (AvgIpc) is 3.10. The van der Waals surface area contributed by atoms with Crippen molar-refractivity contribution in [2.75, 3.05) is 19.7 Å². The van der Waals surface area contributed by atoms with Gasteiger partial charge >= 0.3 is 0 Å². The number of para-hydroxylation sites is 1. The van der Waals surface area contributed by atoms with Gasteiger partial charge < -0.3 is 14.6 Å². The SMILES string of the molecule is Cn1nccc1CN1CCC2(CC1)Oc1c(O)cccc1[C@H]1OCCC[C@@H]12. The predicted molar refractivity (Wildman–Crippen MR) is 101 cm³/mol. The molecule has 27 heavy (non-hydrogen) atoms. The largest absolute Gasteiger partial charge is 0.504 e. The van der Waals surface area contributed by atoms with Gasteiger partial charge in [0, 0.05) is 63.8 Å². The van der Waals surface area contributed by atoms with E-state index in [1.807, 2.05) is 30.1 Å². The Balaban J connectivity index is 1.39. The molecule has 6 nitrogen and oxygen atoms in total. The summed E-state index contributed by atoms with van der Waals surface area (Å²) in [6.45, 7) is 3.67. The molecule has 0 amide bonds. The molecule has 0 aliphatic carbocycles. The fraction of sp³-hybridized carbons (Fsp3) is 0.571. The summed E-state index contributed by atoms with van der Waals surface area (Å²) < 4.78 is 14.7. The highest BCUT2D eigenvalue weighted by Crippen LogP contribution is 2.55. The summed E-state index contributed by atoms with van der Waals surface area (Å²) in [4.78, 5) is 2.48. The summed E-state index contributed by atoms with van der Waals surface area (Å²) in [7, 11) is 1.99. The number of rotatable bonds is 2. The van der Waals surface area contributed by atoms with Crippen molar-refractivity contribution in [2.24, 2.45) is 13.0 Å². The van der Waals surface area contributed by atoms with Gasteiger partial charge in [0.25, 0.3) is 0 Å². The molecule has 0 saturated carbocycles. The molecule has 0 bridgehead atoms. The van der Waals surface area contributed by atoms with Crippen LogP contribution in [-0.4, -0.2) is 45.1 Å². The maximum Gasteiger partial charge on any atom is 0.167 e. The predicted octanol–water partition coefficient (Wildman–Crippen LogP) is 3.02. The first kappa shape index (κ1) is 17.1. The van der Waals surface area contributed by atoms with E-state index in [9.17, 15) is 5.11 Å². The number of nitrogens with zero attached hydrogens (tertiary/aromatic N) is 3. The lowest BCUT2D eigenvalue weighted by molar-refractivity contribution is -0.150. The first-order chi connectivity index (χ1) is 13.2. The van der Waals surface area contributed by atoms with Crippen LogP contribution in [0.5, 0.6) is 11.5 Å². The number of phenolic OH excluding ortho intramolecular Hbond substituents is 1. The van der Waals surface area contributed by atoms with E-state index < -0.39 is 0 Å². The number of piperidine rings is 1. The van der Waals surface area contributed by atoms with Crippen molar-refractivity contribution in [3.8, 4) is 11.5 Å². The van der Waals surface area contributed by atoms with Crippen LogP contribution < -0.4 is 4.74 Å². The maximum atomic E-state index is 10.4. The highest BCUT2D eigenvalue weighted by atomic mass is 16.5. The fourth-order valence-corrected chi connectivity index (χ4v) is 5.13. The molecule has 0 unspecified atom stereocenters. The van der Waals surface area contributed by atoms with Gasteiger partial charge in [0.2, 0.25) is 0 Å².